The quantitative estimate of drug-likeness (QED) is 0.388. The zero-order chi connectivity index (χ0) is 22.4. The maximum Gasteiger partial charge on any atom is 0.272 e. The standard InChI is InChI=1S/C23H34N4O4/c1-17-16-18(11-12-20(17)27(30)31)23(29)26-15-6-10-21(26)22(28)24-13-7-14-25(2)19-8-4-3-5-9-19/h11-12,16,19,21H,3-10,13-15H2,1-2H3,(H,24,28). The summed E-state index contributed by atoms with van der Waals surface area (Å²) in [6, 6.07) is 4.56. The minimum Gasteiger partial charge on any atom is -0.354 e. The van der Waals surface area contributed by atoms with Crippen LogP contribution in [0.5, 0.6) is 0 Å². The molecule has 8 heteroatoms. The van der Waals surface area contributed by atoms with Gasteiger partial charge in [-0.1, -0.05) is 19.3 Å². The Morgan fingerprint density at radius 2 is 1.94 bits per heavy atom. The number of hydrogen-bond acceptors (Lipinski definition) is 5. The summed E-state index contributed by atoms with van der Waals surface area (Å²) >= 11 is 0. The Bertz CT molecular complexity index is 807. The third-order valence-electron chi connectivity index (χ3n) is 6.64. The summed E-state index contributed by atoms with van der Waals surface area (Å²) in [6.07, 6.45) is 8.81. The molecular weight excluding hydrogens is 396 g/mol. The summed E-state index contributed by atoms with van der Waals surface area (Å²) in [5.41, 5.74) is 0.820. The highest BCUT2D eigenvalue weighted by molar-refractivity contribution is 5.98. The van der Waals surface area contributed by atoms with Crippen LogP contribution < -0.4 is 5.32 Å². The molecule has 1 saturated carbocycles. The number of nitrogens with zero attached hydrogens (tertiary/aromatic N) is 3. The second-order valence-electron chi connectivity index (χ2n) is 8.83. The molecule has 2 amide bonds. The molecular formula is C23H34N4O4. The molecule has 1 aromatic carbocycles. The fourth-order valence-corrected chi connectivity index (χ4v) is 4.80. The highest BCUT2D eigenvalue weighted by atomic mass is 16.6. The van der Waals surface area contributed by atoms with Crippen molar-refractivity contribution in [3.8, 4) is 0 Å². The van der Waals surface area contributed by atoms with E-state index in [-0.39, 0.29) is 17.5 Å². The highest BCUT2D eigenvalue weighted by Gasteiger charge is 2.34. The molecule has 0 spiro atoms. The molecule has 1 atom stereocenters. The molecule has 1 aliphatic heterocycles. The van der Waals surface area contributed by atoms with Crippen molar-refractivity contribution in [2.45, 2.75) is 70.4 Å². The van der Waals surface area contributed by atoms with Crippen molar-refractivity contribution in [3.05, 3.63) is 39.4 Å². The van der Waals surface area contributed by atoms with Crippen molar-refractivity contribution in [1.82, 2.24) is 15.1 Å². The van der Waals surface area contributed by atoms with E-state index in [9.17, 15) is 19.7 Å². The van der Waals surface area contributed by atoms with Gasteiger partial charge in [-0.3, -0.25) is 19.7 Å². The Labute approximate surface area is 184 Å². The number of nitro groups is 1. The molecule has 170 valence electrons. The summed E-state index contributed by atoms with van der Waals surface area (Å²) in [5, 5.41) is 14.0. The topological polar surface area (TPSA) is 95.8 Å². The van der Waals surface area contributed by atoms with Gasteiger partial charge < -0.3 is 15.1 Å². The first-order valence-electron chi connectivity index (χ1n) is 11.4. The summed E-state index contributed by atoms with van der Waals surface area (Å²) in [7, 11) is 2.17. The zero-order valence-corrected chi connectivity index (χ0v) is 18.6. The molecule has 1 aromatic rings. The van der Waals surface area contributed by atoms with Gasteiger partial charge in [0.25, 0.3) is 11.6 Å². The number of likely N-dealkylation sites (tertiary alicyclic amines) is 1. The average molecular weight is 431 g/mol. The van der Waals surface area contributed by atoms with Gasteiger partial charge in [0.2, 0.25) is 5.91 Å². The maximum absolute atomic E-state index is 13.0. The van der Waals surface area contributed by atoms with E-state index in [0.717, 1.165) is 19.4 Å². The van der Waals surface area contributed by atoms with Crippen molar-refractivity contribution >= 4 is 17.5 Å². The van der Waals surface area contributed by atoms with Gasteiger partial charge in [-0.15, -0.1) is 0 Å². The molecule has 2 aliphatic rings. The smallest absolute Gasteiger partial charge is 0.272 e. The number of aryl methyl sites for hydroxylation is 1. The highest BCUT2D eigenvalue weighted by Crippen LogP contribution is 2.24. The van der Waals surface area contributed by atoms with Crippen LogP contribution in [0.4, 0.5) is 5.69 Å². The van der Waals surface area contributed by atoms with Crippen molar-refractivity contribution in [2.24, 2.45) is 0 Å². The van der Waals surface area contributed by atoms with Crippen LogP contribution in [0, 0.1) is 17.0 Å². The molecule has 3 rings (SSSR count). The minimum atomic E-state index is -0.473. The van der Waals surface area contributed by atoms with E-state index >= 15 is 0 Å². The number of amides is 2. The van der Waals surface area contributed by atoms with Crippen LogP contribution in [-0.4, -0.2) is 65.3 Å². The lowest BCUT2D eigenvalue weighted by Gasteiger charge is -2.31. The van der Waals surface area contributed by atoms with Gasteiger partial charge in [0.15, 0.2) is 0 Å². The Kier molecular flexibility index (Phi) is 8.01. The third-order valence-corrected chi connectivity index (χ3v) is 6.64. The van der Waals surface area contributed by atoms with Crippen LogP contribution in [0.25, 0.3) is 0 Å². The lowest BCUT2D eigenvalue weighted by atomic mass is 9.94. The van der Waals surface area contributed by atoms with Crippen molar-refractivity contribution < 1.29 is 14.5 Å². The molecule has 0 aromatic heterocycles. The minimum absolute atomic E-state index is 0.00883. The summed E-state index contributed by atoms with van der Waals surface area (Å²) in [4.78, 5) is 40.3. The van der Waals surface area contributed by atoms with Crippen LogP contribution >= 0.6 is 0 Å². The van der Waals surface area contributed by atoms with Crippen LogP contribution in [0.3, 0.4) is 0 Å². The normalized spacial score (nSPS) is 19.6. The van der Waals surface area contributed by atoms with Crippen LogP contribution in [-0.2, 0) is 4.79 Å². The summed E-state index contributed by atoms with van der Waals surface area (Å²) < 4.78 is 0. The maximum atomic E-state index is 13.0. The molecule has 8 nitrogen and oxygen atoms in total. The number of carbonyl (C=O) groups is 2. The van der Waals surface area contributed by atoms with Gasteiger partial charge in [0, 0.05) is 36.3 Å². The zero-order valence-electron chi connectivity index (χ0n) is 18.6. The number of nitro benzene ring substituents is 1. The van der Waals surface area contributed by atoms with Gasteiger partial charge in [0.1, 0.15) is 6.04 Å². The fourth-order valence-electron chi connectivity index (χ4n) is 4.80. The van der Waals surface area contributed by atoms with E-state index in [1.807, 2.05) is 0 Å². The largest absolute Gasteiger partial charge is 0.354 e. The Morgan fingerprint density at radius 1 is 1.19 bits per heavy atom. The monoisotopic (exact) mass is 430 g/mol. The number of hydrogen-bond donors (Lipinski definition) is 1. The predicted octanol–water partition coefficient (Wildman–Crippen LogP) is 3.28. The van der Waals surface area contributed by atoms with Crippen molar-refractivity contribution in [3.63, 3.8) is 0 Å². The molecule has 0 bridgehead atoms. The van der Waals surface area contributed by atoms with Crippen LogP contribution in [0.1, 0.15) is 67.3 Å². The number of nitrogens with one attached hydrogen (secondary N) is 1. The number of benzene rings is 1. The summed E-state index contributed by atoms with van der Waals surface area (Å²) in [6.45, 7) is 3.70. The Balaban J connectivity index is 1.50. The Morgan fingerprint density at radius 3 is 2.61 bits per heavy atom. The van der Waals surface area contributed by atoms with Crippen LogP contribution in [0.2, 0.25) is 0 Å². The second kappa shape index (κ2) is 10.7. The van der Waals surface area contributed by atoms with Gasteiger partial charge in [-0.2, -0.15) is 0 Å². The molecule has 1 aliphatic carbocycles. The van der Waals surface area contributed by atoms with Crippen molar-refractivity contribution in [1.29, 1.82) is 0 Å². The lowest BCUT2D eigenvalue weighted by Crippen LogP contribution is -2.46. The number of rotatable bonds is 8. The lowest BCUT2D eigenvalue weighted by molar-refractivity contribution is -0.385. The summed E-state index contributed by atoms with van der Waals surface area (Å²) in [5.74, 6) is -0.350. The molecule has 2 fully saturated rings. The van der Waals surface area contributed by atoms with Crippen LogP contribution in [0.15, 0.2) is 18.2 Å². The fraction of sp³-hybridized carbons (Fsp3) is 0.652. The van der Waals surface area contributed by atoms with E-state index < -0.39 is 11.0 Å². The van der Waals surface area contributed by atoms with E-state index in [4.69, 9.17) is 0 Å². The van der Waals surface area contributed by atoms with Gasteiger partial charge in [-0.05, 0) is 64.8 Å². The van der Waals surface area contributed by atoms with E-state index in [2.05, 4.69) is 17.3 Å². The molecule has 0 radical (unpaired) electrons. The van der Waals surface area contributed by atoms with Crippen molar-refractivity contribution in [2.75, 3.05) is 26.7 Å². The number of carbonyl (C=O) groups excluding carboxylic acids is 2. The average Bonchev–Trinajstić information content (AvgIpc) is 3.26. The second-order valence-corrected chi connectivity index (χ2v) is 8.83. The third kappa shape index (κ3) is 5.81. The predicted molar refractivity (Wildman–Crippen MR) is 119 cm³/mol. The first-order valence-corrected chi connectivity index (χ1v) is 11.4. The molecule has 1 N–H and O–H groups in total. The Hall–Kier alpha value is -2.48. The van der Waals surface area contributed by atoms with E-state index in [0.29, 0.717) is 36.7 Å². The first-order chi connectivity index (χ1) is 14.9. The molecule has 1 unspecified atom stereocenters. The SMILES string of the molecule is Cc1cc(C(=O)N2CCCC2C(=O)NCCCN(C)C2CCCCC2)ccc1[N+](=O)[O-]. The first kappa shape index (κ1) is 23.2. The van der Waals surface area contributed by atoms with E-state index in [1.165, 1.54) is 50.3 Å². The molecule has 1 heterocycles. The van der Waals surface area contributed by atoms with Gasteiger partial charge in [0.05, 0.1) is 4.92 Å². The molecule has 31 heavy (non-hydrogen) atoms. The van der Waals surface area contributed by atoms with Gasteiger partial charge in [-0.25, -0.2) is 0 Å². The van der Waals surface area contributed by atoms with Gasteiger partial charge >= 0.3 is 0 Å². The molecule has 1 saturated heterocycles. The van der Waals surface area contributed by atoms with E-state index in [1.54, 1.807) is 11.8 Å².